The van der Waals surface area contributed by atoms with Crippen LogP contribution in [0.1, 0.15) is 5.56 Å². The fourth-order valence-corrected chi connectivity index (χ4v) is 1.92. The van der Waals surface area contributed by atoms with E-state index in [1.165, 1.54) is 12.1 Å². The molecule has 1 aromatic carbocycles. The van der Waals surface area contributed by atoms with Crippen molar-refractivity contribution in [1.82, 2.24) is 14.6 Å². The molecule has 4 nitrogen and oxygen atoms in total. The Hall–Kier alpha value is -2.27. The molecule has 18 heavy (non-hydrogen) atoms. The van der Waals surface area contributed by atoms with Gasteiger partial charge in [-0.15, -0.1) is 0 Å². The first kappa shape index (κ1) is 10.9. The molecule has 0 bridgehead atoms. The Labute approximate surface area is 102 Å². The molecule has 1 N–H and O–H groups in total. The van der Waals surface area contributed by atoms with Crippen LogP contribution in [0.5, 0.6) is 0 Å². The standard InChI is InChI=1S/C13H10FN3O/c14-10-4-2-9(3-5-10)12-11(8-18)13-15-6-1-7-17(13)16-12/h1-7,18H,8H2. The van der Waals surface area contributed by atoms with E-state index in [4.69, 9.17) is 0 Å². The van der Waals surface area contributed by atoms with Crippen molar-refractivity contribution in [3.8, 4) is 11.3 Å². The Kier molecular flexibility index (Phi) is 2.53. The molecular formula is C13H10FN3O. The molecule has 0 radical (unpaired) electrons. The van der Waals surface area contributed by atoms with Gasteiger partial charge in [0, 0.05) is 18.0 Å². The second-order valence-electron chi connectivity index (χ2n) is 3.88. The van der Waals surface area contributed by atoms with Gasteiger partial charge >= 0.3 is 0 Å². The van der Waals surface area contributed by atoms with Gasteiger partial charge in [-0.2, -0.15) is 5.10 Å². The van der Waals surface area contributed by atoms with Gasteiger partial charge in [-0.1, -0.05) is 0 Å². The van der Waals surface area contributed by atoms with Crippen LogP contribution in [0.25, 0.3) is 16.9 Å². The second kappa shape index (κ2) is 4.19. The predicted octanol–water partition coefficient (Wildman–Crippen LogP) is 2.03. The highest BCUT2D eigenvalue weighted by Crippen LogP contribution is 2.25. The average molecular weight is 243 g/mol. The van der Waals surface area contributed by atoms with Crippen molar-refractivity contribution >= 4 is 5.65 Å². The van der Waals surface area contributed by atoms with E-state index in [1.807, 2.05) is 0 Å². The molecule has 5 heteroatoms. The van der Waals surface area contributed by atoms with Gasteiger partial charge in [0.1, 0.15) is 11.5 Å². The fraction of sp³-hybridized carbons (Fsp3) is 0.0769. The minimum absolute atomic E-state index is 0.160. The summed E-state index contributed by atoms with van der Waals surface area (Å²) in [6.07, 6.45) is 3.40. The highest BCUT2D eigenvalue weighted by atomic mass is 19.1. The molecule has 0 unspecified atom stereocenters. The third-order valence-electron chi connectivity index (χ3n) is 2.77. The minimum Gasteiger partial charge on any atom is -0.391 e. The molecule has 0 aliphatic rings. The van der Waals surface area contributed by atoms with Crippen molar-refractivity contribution in [3.05, 3.63) is 54.1 Å². The SMILES string of the molecule is OCc1c(-c2ccc(F)cc2)nn2cccnc12. The van der Waals surface area contributed by atoms with Gasteiger partial charge in [-0.25, -0.2) is 13.9 Å². The van der Waals surface area contributed by atoms with Crippen LogP contribution >= 0.6 is 0 Å². The summed E-state index contributed by atoms with van der Waals surface area (Å²) >= 11 is 0. The van der Waals surface area contributed by atoms with Gasteiger partial charge < -0.3 is 5.11 Å². The summed E-state index contributed by atoms with van der Waals surface area (Å²) in [5.74, 6) is -0.300. The number of hydrogen-bond acceptors (Lipinski definition) is 3. The van der Waals surface area contributed by atoms with Gasteiger partial charge in [-0.05, 0) is 30.3 Å². The molecule has 0 aliphatic heterocycles. The maximum Gasteiger partial charge on any atom is 0.161 e. The van der Waals surface area contributed by atoms with E-state index in [0.717, 1.165) is 5.56 Å². The monoisotopic (exact) mass is 243 g/mol. The molecule has 2 heterocycles. The van der Waals surface area contributed by atoms with Crippen molar-refractivity contribution in [2.75, 3.05) is 0 Å². The summed E-state index contributed by atoms with van der Waals surface area (Å²) < 4.78 is 14.5. The average Bonchev–Trinajstić information content (AvgIpc) is 2.78. The summed E-state index contributed by atoms with van der Waals surface area (Å²) in [5.41, 5.74) is 2.63. The largest absolute Gasteiger partial charge is 0.391 e. The summed E-state index contributed by atoms with van der Waals surface area (Å²) in [5, 5.41) is 13.8. The zero-order valence-electron chi connectivity index (χ0n) is 9.42. The van der Waals surface area contributed by atoms with E-state index in [9.17, 15) is 9.50 Å². The van der Waals surface area contributed by atoms with Crippen LogP contribution in [0.2, 0.25) is 0 Å². The molecular weight excluding hydrogens is 233 g/mol. The number of fused-ring (bicyclic) bond motifs is 1. The lowest BCUT2D eigenvalue weighted by Gasteiger charge is -1.99. The number of hydrogen-bond donors (Lipinski definition) is 1. The van der Waals surface area contributed by atoms with E-state index >= 15 is 0 Å². The molecule has 0 saturated carbocycles. The van der Waals surface area contributed by atoms with Crippen molar-refractivity contribution < 1.29 is 9.50 Å². The predicted molar refractivity (Wildman–Crippen MR) is 64.3 cm³/mol. The Morgan fingerprint density at radius 1 is 1.22 bits per heavy atom. The van der Waals surface area contributed by atoms with Gasteiger partial charge in [-0.3, -0.25) is 0 Å². The van der Waals surface area contributed by atoms with Crippen LogP contribution in [-0.4, -0.2) is 19.7 Å². The van der Waals surface area contributed by atoms with Gasteiger partial charge in [0.15, 0.2) is 5.65 Å². The topological polar surface area (TPSA) is 50.4 Å². The molecule has 3 rings (SSSR count). The quantitative estimate of drug-likeness (QED) is 0.749. The molecule has 0 atom stereocenters. The van der Waals surface area contributed by atoms with E-state index in [2.05, 4.69) is 10.1 Å². The highest BCUT2D eigenvalue weighted by Gasteiger charge is 2.14. The maximum atomic E-state index is 12.9. The molecule has 0 aliphatic carbocycles. The molecule has 0 saturated heterocycles. The first-order chi connectivity index (χ1) is 8.79. The number of rotatable bonds is 2. The van der Waals surface area contributed by atoms with Gasteiger partial charge in [0.25, 0.3) is 0 Å². The van der Waals surface area contributed by atoms with E-state index in [0.29, 0.717) is 16.9 Å². The summed E-state index contributed by atoms with van der Waals surface area (Å²) in [4.78, 5) is 4.18. The number of aromatic nitrogens is 3. The zero-order valence-corrected chi connectivity index (χ0v) is 9.42. The molecule has 0 amide bonds. The van der Waals surface area contributed by atoms with Crippen LogP contribution in [0.3, 0.4) is 0 Å². The zero-order chi connectivity index (χ0) is 12.5. The fourth-order valence-electron chi connectivity index (χ4n) is 1.92. The van der Waals surface area contributed by atoms with E-state index in [-0.39, 0.29) is 12.4 Å². The van der Waals surface area contributed by atoms with Crippen LogP contribution in [-0.2, 0) is 6.61 Å². The molecule has 0 fully saturated rings. The maximum absolute atomic E-state index is 12.9. The van der Waals surface area contributed by atoms with E-state index < -0.39 is 0 Å². The number of aliphatic hydroxyl groups excluding tert-OH is 1. The summed E-state index contributed by atoms with van der Waals surface area (Å²) in [6, 6.07) is 7.77. The minimum atomic E-state index is -0.300. The third-order valence-corrected chi connectivity index (χ3v) is 2.77. The van der Waals surface area contributed by atoms with Crippen LogP contribution < -0.4 is 0 Å². The lowest BCUT2D eigenvalue weighted by atomic mass is 10.1. The van der Waals surface area contributed by atoms with Gasteiger partial charge in [0.05, 0.1) is 12.2 Å². The van der Waals surface area contributed by atoms with Crippen LogP contribution in [0.15, 0.2) is 42.7 Å². The molecule has 3 aromatic rings. The van der Waals surface area contributed by atoms with Gasteiger partial charge in [0.2, 0.25) is 0 Å². The molecule has 2 aromatic heterocycles. The summed E-state index contributed by atoms with van der Waals surface area (Å²) in [6.45, 7) is -0.160. The first-order valence-electron chi connectivity index (χ1n) is 5.48. The van der Waals surface area contributed by atoms with Crippen molar-refractivity contribution in [1.29, 1.82) is 0 Å². The number of nitrogens with zero attached hydrogens (tertiary/aromatic N) is 3. The smallest absolute Gasteiger partial charge is 0.161 e. The highest BCUT2D eigenvalue weighted by molar-refractivity contribution is 5.70. The van der Waals surface area contributed by atoms with Crippen molar-refractivity contribution in [2.45, 2.75) is 6.61 Å². The second-order valence-corrected chi connectivity index (χ2v) is 3.88. The van der Waals surface area contributed by atoms with Crippen molar-refractivity contribution in [2.24, 2.45) is 0 Å². The normalized spacial score (nSPS) is 11.0. The van der Waals surface area contributed by atoms with Crippen LogP contribution in [0, 0.1) is 5.82 Å². The lowest BCUT2D eigenvalue weighted by molar-refractivity contribution is 0.283. The molecule has 0 spiro atoms. The number of benzene rings is 1. The summed E-state index contributed by atoms with van der Waals surface area (Å²) in [7, 11) is 0. The Morgan fingerprint density at radius 2 is 2.00 bits per heavy atom. The van der Waals surface area contributed by atoms with E-state index in [1.54, 1.807) is 35.1 Å². The Balaban J connectivity index is 2.25. The number of aliphatic hydroxyl groups is 1. The van der Waals surface area contributed by atoms with Crippen molar-refractivity contribution in [3.63, 3.8) is 0 Å². The van der Waals surface area contributed by atoms with Crippen LogP contribution in [0.4, 0.5) is 4.39 Å². The third kappa shape index (κ3) is 1.65. The number of halogens is 1. The molecule has 90 valence electrons. The Morgan fingerprint density at radius 3 is 2.72 bits per heavy atom. The lowest BCUT2D eigenvalue weighted by Crippen LogP contribution is -1.89. The first-order valence-corrected chi connectivity index (χ1v) is 5.48. The Bertz CT molecular complexity index is 691.